The Bertz CT molecular complexity index is 540. The van der Waals surface area contributed by atoms with Gasteiger partial charge in [0.25, 0.3) is 0 Å². The Hall–Kier alpha value is -1.87. The fourth-order valence-corrected chi connectivity index (χ4v) is 2.40. The van der Waals surface area contributed by atoms with E-state index >= 15 is 0 Å². The van der Waals surface area contributed by atoms with E-state index in [0.717, 1.165) is 12.8 Å². The maximum absolute atomic E-state index is 11.6. The first-order chi connectivity index (χ1) is 16.4. The van der Waals surface area contributed by atoms with Crippen molar-refractivity contribution in [3.8, 4) is 0 Å². The van der Waals surface area contributed by atoms with Crippen molar-refractivity contribution in [2.75, 3.05) is 72.5 Å². The van der Waals surface area contributed by atoms with E-state index in [9.17, 15) is 19.5 Å². The maximum Gasteiger partial charge on any atom is 0.320 e. The predicted molar refractivity (Wildman–Crippen MR) is 123 cm³/mol. The number of carbonyl (C=O) groups is 3. The molecular formula is C21H42N4O9. The zero-order valence-electron chi connectivity index (χ0n) is 20.1. The molecule has 0 bridgehead atoms. The summed E-state index contributed by atoms with van der Waals surface area (Å²) in [5.74, 6) is -1.51. The number of nitrogens with one attached hydrogen (secondary N) is 3. The maximum atomic E-state index is 11.6. The highest BCUT2D eigenvalue weighted by Crippen LogP contribution is 1.98. The average molecular weight is 495 g/mol. The van der Waals surface area contributed by atoms with Crippen LogP contribution in [0.2, 0.25) is 0 Å². The van der Waals surface area contributed by atoms with E-state index in [0.29, 0.717) is 46.1 Å². The second-order valence-electron chi connectivity index (χ2n) is 7.38. The molecule has 7 N–H and O–H groups in total. The second-order valence-corrected chi connectivity index (χ2v) is 7.38. The van der Waals surface area contributed by atoms with Gasteiger partial charge < -0.3 is 45.5 Å². The number of nitrogens with two attached hydrogens (primary N) is 1. The summed E-state index contributed by atoms with van der Waals surface area (Å²) in [6, 6.07) is -0.991. The van der Waals surface area contributed by atoms with Crippen LogP contribution in [0.15, 0.2) is 0 Å². The minimum absolute atomic E-state index is 0.00704. The lowest BCUT2D eigenvalue weighted by molar-refractivity contribution is -0.138. The van der Waals surface area contributed by atoms with Crippen LogP contribution in [0.25, 0.3) is 0 Å². The minimum atomic E-state index is -1.10. The number of aliphatic hydroxyl groups is 1. The Morgan fingerprint density at radius 3 is 1.88 bits per heavy atom. The molecule has 0 aromatic heterocycles. The first-order valence-corrected chi connectivity index (χ1v) is 11.6. The fraction of sp³-hybridized carbons (Fsp3) is 0.857. The number of carboxylic acids is 1. The quantitative estimate of drug-likeness (QED) is 0.0654. The topological polar surface area (TPSA) is 191 Å². The molecule has 200 valence electrons. The molecule has 0 aliphatic rings. The summed E-state index contributed by atoms with van der Waals surface area (Å²) in [5, 5.41) is 26.5. The summed E-state index contributed by atoms with van der Waals surface area (Å²) < 4.78 is 21.0. The van der Waals surface area contributed by atoms with E-state index in [2.05, 4.69) is 22.9 Å². The molecule has 2 unspecified atom stereocenters. The van der Waals surface area contributed by atoms with E-state index in [-0.39, 0.29) is 51.1 Å². The number of ether oxygens (including phenoxy) is 4. The van der Waals surface area contributed by atoms with Crippen LogP contribution in [0.3, 0.4) is 0 Å². The first-order valence-electron chi connectivity index (χ1n) is 11.6. The molecule has 0 radical (unpaired) electrons. The van der Waals surface area contributed by atoms with E-state index < -0.39 is 18.2 Å². The monoisotopic (exact) mass is 494 g/mol. The Balaban J connectivity index is 3.37. The van der Waals surface area contributed by atoms with Crippen LogP contribution in [0.1, 0.15) is 32.6 Å². The first kappa shape index (κ1) is 32.1. The van der Waals surface area contributed by atoms with E-state index in [1.54, 1.807) is 0 Å². The van der Waals surface area contributed by atoms with Gasteiger partial charge in [-0.2, -0.15) is 0 Å². The van der Waals surface area contributed by atoms with Gasteiger partial charge in [0, 0.05) is 19.6 Å². The molecule has 2 amide bonds. The summed E-state index contributed by atoms with van der Waals surface area (Å²) in [6.45, 7) is 5.12. The van der Waals surface area contributed by atoms with Gasteiger partial charge >= 0.3 is 5.97 Å². The molecular weight excluding hydrogens is 452 g/mol. The normalized spacial score (nSPS) is 12.8. The van der Waals surface area contributed by atoms with Crippen LogP contribution < -0.4 is 21.7 Å². The molecule has 0 saturated carbocycles. The van der Waals surface area contributed by atoms with Crippen molar-refractivity contribution in [1.29, 1.82) is 0 Å². The summed E-state index contributed by atoms with van der Waals surface area (Å²) in [5.41, 5.74) is 5.36. The third kappa shape index (κ3) is 21.9. The molecule has 0 fully saturated rings. The van der Waals surface area contributed by atoms with Crippen LogP contribution in [0, 0.1) is 0 Å². The van der Waals surface area contributed by atoms with E-state index in [1.807, 2.05) is 0 Å². The molecule has 0 aromatic rings. The molecule has 34 heavy (non-hydrogen) atoms. The fourth-order valence-electron chi connectivity index (χ4n) is 2.40. The third-order valence-electron chi connectivity index (χ3n) is 4.33. The van der Waals surface area contributed by atoms with Gasteiger partial charge in [0.2, 0.25) is 11.8 Å². The van der Waals surface area contributed by atoms with Gasteiger partial charge in [-0.05, 0) is 19.3 Å². The molecule has 2 atom stereocenters. The zero-order chi connectivity index (χ0) is 25.4. The number of unbranched alkanes of at least 4 members (excludes halogenated alkanes) is 1. The SMILES string of the molecule is CCCCNC(=O)COCCOCCNC(=O)COCCOCCNC(O)CCC(N)C(=O)O. The minimum Gasteiger partial charge on any atom is -0.480 e. The summed E-state index contributed by atoms with van der Waals surface area (Å²) in [6.07, 6.45) is 1.50. The highest BCUT2D eigenvalue weighted by molar-refractivity contribution is 5.77. The standard InChI is InChI=1S/C21H42N4O9/c1-2-3-6-23-19(27)15-33-13-12-32-10-8-25-20(28)16-34-14-11-31-9-7-24-18(26)5-4-17(22)21(29)30/h17-18,24,26H,2-16,22H2,1H3,(H,23,27)(H,25,28)(H,29,30). The van der Waals surface area contributed by atoms with Gasteiger partial charge in [0.1, 0.15) is 25.5 Å². The molecule has 0 aromatic carbocycles. The van der Waals surface area contributed by atoms with Gasteiger partial charge in [-0.1, -0.05) is 13.3 Å². The number of amides is 2. The smallest absolute Gasteiger partial charge is 0.320 e. The lowest BCUT2D eigenvalue weighted by Crippen LogP contribution is -2.36. The molecule has 0 spiro atoms. The van der Waals surface area contributed by atoms with Gasteiger partial charge in [-0.25, -0.2) is 0 Å². The van der Waals surface area contributed by atoms with Crippen LogP contribution in [0.4, 0.5) is 0 Å². The summed E-state index contributed by atoms with van der Waals surface area (Å²) in [4.78, 5) is 33.6. The van der Waals surface area contributed by atoms with Gasteiger partial charge in [0.05, 0.1) is 39.6 Å². The zero-order valence-corrected chi connectivity index (χ0v) is 20.1. The summed E-state index contributed by atoms with van der Waals surface area (Å²) >= 11 is 0. The van der Waals surface area contributed by atoms with E-state index in [4.69, 9.17) is 29.8 Å². The van der Waals surface area contributed by atoms with Crippen LogP contribution in [-0.4, -0.2) is 113 Å². The van der Waals surface area contributed by atoms with Crippen LogP contribution >= 0.6 is 0 Å². The highest BCUT2D eigenvalue weighted by atomic mass is 16.5. The largest absolute Gasteiger partial charge is 0.480 e. The Morgan fingerprint density at radius 1 is 0.794 bits per heavy atom. The third-order valence-corrected chi connectivity index (χ3v) is 4.33. The Morgan fingerprint density at radius 2 is 1.32 bits per heavy atom. The highest BCUT2D eigenvalue weighted by Gasteiger charge is 2.13. The van der Waals surface area contributed by atoms with Crippen LogP contribution in [-0.2, 0) is 33.3 Å². The molecule has 0 aliphatic carbocycles. The second kappa shape index (κ2) is 22.9. The van der Waals surface area contributed by atoms with Crippen molar-refractivity contribution in [3.63, 3.8) is 0 Å². The van der Waals surface area contributed by atoms with Crippen LogP contribution in [0.5, 0.6) is 0 Å². The Labute approximate surface area is 201 Å². The van der Waals surface area contributed by atoms with Crippen molar-refractivity contribution in [2.45, 2.75) is 44.9 Å². The summed E-state index contributed by atoms with van der Waals surface area (Å²) in [7, 11) is 0. The van der Waals surface area contributed by atoms with Gasteiger partial charge in [-0.15, -0.1) is 0 Å². The number of hydrogen-bond acceptors (Lipinski definition) is 10. The Kier molecular flexibility index (Phi) is 21.6. The molecule has 13 nitrogen and oxygen atoms in total. The van der Waals surface area contributed by atoms with Crippen molar-refractivity contribution in [1.82, 2.24) is 16.0 Å². The van der Waals surface area contributed by atoms with Crippen molar-refractivity contribution < 1.29 is 43.5 Å². The number of carboxylic acid groups (broad SMARTS) is 1. The molecule has 0 rings (SSSR count). The number of carbonyl (C=O) groups excluding carboxylic acids is 2. The molecule has 0 heterocycles. The molecule has 0 aliphatic heterocycles. The number of rotatable bonds is 24. The number of aliphatic carboxylic acids is 1. The van der Waals surface area contributed by atoms with Gasteiger partial charge in [0.15, 0.2) is 0 Å². The van der Waals surface area contributed by atoms with Crippen molar-refractivity contribution in [3.05, 3.63) is 0 Å². The predicted octanol–water partition coefficient (Wildman–Crippen LogP) is -1.81. The molecule has 0 saturated heterocycles. The number of aliphatic hydroxyl groups excluding tert-OH is 1. The molecule has 13 heteroatoms. The van der Waals surface area contributed by atoms with Crippen molar-refractivity contribution >= 4 is 17.8 Å². The average Bonchev–Trinajstić information content (AvgIpc) is 2.80. The lowest BCUT2D eigenvalue weighted by atomic mass is 10.1. The van der Waals surface area contributed by atoms with E-state index in [1.165, 1.54) is 0 Å². The number of hydrogen-bond donors (Lipinski definition) is 6. The van der Waals surface area contributed by atoms with Crippen molar-refractivity contribution in [2.24, 2.45) is 5.73 Å². The lowest BCUT2D eigenvalue weighted by Gasteiger charge is -2.14. The van der Waals surface area contributed by atoms with Gasteiger partial charge in [-0.3, -0.25) is 19.7 Å².